The third kappa shape index (κ3) is 4.03. The maximum Gasteiger partial charge on any atom is 0.280 e. The molecule has 0 fully saturated rings. The van der Waals surface area contributed by atoms with E-state index in [-0.39, 0.29) is 35.0 Å². The van der Waals surface area contributed by atoms with Gasteiger partial charge >= 0.3 is 0 Å². The zero-order chi connectivity index (χ0) is 22.0. The highest BCUT2D eigenvalue weighted by Gasteiger charge is 2.36. The first kappa shape index (κ1) is 20.6. The molecule has 0 spiro atoms. The average Bonchev–Trinajstić information content (AvgIpc) is 3.03. The van der Waals surface area contributed by atoms with E-state index in [1.807, 2.05) is 0 Å². The van der Waals surface area contributed by atoms with Gasteiger partial charge in [0.2, 0.25) is 10.0 Å². The summed E-state index contributed by atoms with van der Waals surface area (Å²) in [6.45, 7) is -0.0449. The van der Waals surface area contributed by atoms with Crippen LogP contribution in [0.3, 0.4) is 0 Å². The van der Waals surface area contributed by atoms with Crippen LogP contribution in [0, 0.1) is 0 Å². The van der Waals surface area contributed by atoms with Crippen molar-refractivity contribution in [2.75, 3.05) is 7.11 Å². The number of carbonyl (C=O) groups excluding carboxylic acids is 2. The van der Waals surface area contributed by atoms with E-state index < -0.39 is 21.8 Å². The zero-order valence-electron chi connectivity index (χ0n) is 16.5. The summed E-state index contributed by atoms with van der Waals surface area (Å²) in [5.41, 5.74) is 1.47. The standard InChI is InChI=1S/C21H18N4O5S/c1-30-17-7-6-14(13-25-20(26)16-5-3-9-23-19(16)21(25)27)10-18(17)31(28,29)24-12-15-4-2-8-22-11-15/h2-11,24H,12-13H2,1H3. The lowest BCUT2D eigenvalue weighted by Gasteiger charge is -2.16. The highest BCUT2D eigenvalue weighted by Crippen LogP contribution is 2.28. The van der Waals surface area contributed by atoms with Gasteiger partial charge in [-0.15, -0.1) is 0 Å². The molecule has 9 nitrogen and oxygen atoms in total. The number of sulfonamides is 1. The minimum absolute atomic E-state index is 0.0492. The summed E-state index contributed by atoms with van der Waals surface area (Å²) < 4.78 is 33.6. The summed E-state index contributed by atoms with van der Waals surface area (Å²) in [5, 5.41) is 0. The summed E-state index contributed by atoms with van der Waals surface area (Å²) in [5.74, 6) is -0.843. The number of nitrogens with zero attached hydrogens (tertiary/aromatic N) is 3. The van der Waals surface area contributed by atoms with Crippen molar-refractivity contribution in [2.45, 2.75) is 18.0 Å². The van der Waals surface area contributed by atoms with E-state index in [0.717, 1.165) is 4.90 Å². The lowest BCUT2D eigenvalue weighted by atomic mass is 10.2. The fourth-order valence-corrected chi connectivity index (χ4v) is 4.46. The Labute approximate surface area is 178 Å². The van der Waals surface area contributed by atoms with Gasteiger partial charge in [0.1, 0.15) is 16.3 Å². The molecule has 1 N–H and O–H groups in total. The molecule has 4 rings (SSSR count). The molecule has 0 saturated carbocycles. The number of rotatable bonds is 7. The minimum atomic E-state index is -3.94. The van der Waals surface area contributed by atoms with Crippen molar-refractivity contribution in [1.29, 1.82) is 0 Å². The third-order valence-corrected chi connectivity index (χ3v) is 6.20. The van der Waals surface area contributed by atoms with E-state index in [0.29, 0.717) is 11.1 Å². The van der Waals surface area contributed by atoms with E-state index in [1.165, 1.54) is 31.5 Å². The number of ether oxygens (including phenoxy) is 1. The lowest BCUT2D eigenvalue weighted by Crippen LogP contribution is -2.29. The summed E-state index contributed by atoms with van der Waals surface area (Å²) in [6, 6.07) is 11.1. The van der Waals surface area contributed by atoms with Crippen molar-refractivity contribution >= 4 is 21.8 Å². The van der Waals surface area contributed by atoms with Crippen molar-refractivity contribution in [3.63, 3.8) is 0 Å². The molecule has 0 saturated heterocycles. The molecule has 3 heterocycles. The summed E-state index contributed by atoms with van der Waals surface area (Å²) in [6.07, 6.45) is 4.60. The Bertz CT molecular complexity index is 1230. The molecular weight excluding hydrogens is 420 g/mol. The van der Waals surface area contributed by atoms with Crippen LogP contribution in [0.4, 0.5) is 0 Å². The van der Waals surface area contributed by atoms with Gasteiger partial charge in [0.25, 0.3) is 11.8 Å². The first-order valence-corrected chi connectivity index (χ1v) is 10.8. The summed E-state index contributed by atoms with van der Waals surface area (Å²) in [4.78, 5) is 34.0. The van der Waals surface area contributed by atoms with Gasteiger partial charge in [0.15, 0.2) is 0 Å². The van der Waals surface area contributed by atoms with Gasteiger partial charge in [-0.3, -0.25) is 24.5 Å². The number of imide groups is 1. The quantitative estimate of drug-likeness (QED) is 0.558. The Morgan fingerprint density at radius 1 is 1.03 bits per heavy atom. The predicted molar refractivity (Wildman–Crippen MR) is 110 cm³/mol. The first-order chi connectivity index (χ1) is 14.9. The molecule has 0 radical (unpaired) electrons. The number of carbonyl (C=O) groups is 2. The van der Waals surface area contributed by atoms with Crippen molar-refractivity contribution in [3.05, 3.63) is 83.4 Å². The normalized spacial score (nSPS) is 13.4. The van der Waals surface area contributed by atoms with Crippen LogP contribution in [0.1, 0.15) is 32.0 Å². The second-order valence-electron chi connectivity index (χ2n) is 6.77. The predicted octanol–water partition coefficient (Wildman–Crippen LogP) is 1.76. The van der Waals surface area contributed by atoms with Gasteiger partial charge in [0.05, 0.1) is 19.2 Å². The SMILES string of the molecule is COc1ccc(CN2C(=O)c3cccnc3C2=O)cc1S(=O)(=O)NCc1cccnc1. The van der Waals surface area contributed by atoms with Gasteiger partial charge in [-0.2, -0.15) is 0 Å². The number of amides is 2. The molecule has 0 bridgehead atoms. The van der Waals surface area contributed by atoms with Gasteiger partial charge in [-0.25, -0.2) is 13.1 Å². The van der Waals surface area contributed by atoms with Crippen LogP contribution < -0.4 is 9.46 Å². The Morgan fingerprint density at radius 2 is 1.84 bits per heavy atom. The zero-order valence-corrected chi connectivity index (χ0v) is 17.3. The molecule has 1 aromatic carbocycles. The first-order valence-electron chi connectivity index (χ1n) is 9.27. The largest absolute Gasteiger partial charge is 0.495 e. The maximum absolute atomic E-state index is 12.9. The Kier molecular flexibility index (Phi) is 5.49. The number of aromatic nitrogens is 2. The van der Waals surface area contributed by atoms with E-state index in [1.54, 1.807) is 36.7 Å². The van der Waals surface area contributed by atoms with E-state index in [9.17, 15) is 18.0 Å². The number of benzene rings is 1. The molecule has 0 aliphatic carbocycles. The lowest BCUT2D eigenvalue weighted by molar-refractivity contribution is 0.0640. The Hall–Kier alpha value is -3.63. The molecule has 10 heteroatoms. The molecule has 0 atom stereocenters. The van der Waals surface area contributed by atoms with Crippen LogP contribution >= 0.6 is 0 Å². The number of hydrogen-bond acceptors (Lipinski definition) is 7. The number of methoxy groups -OCH3 is 1. The van der Waals surface area contributed by atoms with Gasteiger partial charge in [-0.05, 0) is 41.5 Å². The number of pyridine rings is 2. The van der Waals surface area contributed by atoms with E-state index >= 15 is 0 Å². The highest BCUT2D eigenvalue weighted by atomic mass is 32.2. The monoisotopic (exact) mass is 438 g/mol. The molecule has 0 unspecified atom stereocenters. The molecule has 31 heavy (non-hydrogen) atoms. The molecule has 3 aromatic rings. The van der Waals surface area contributed by atoms with Crippen LogP contribution in [-0.4, -0.2) is 42.2 Å². The van der Waals surface area contributed by atoms with Crippen molar-refractivity contribution in [1.82, 2.24) is 19.6 Å². The number of nitrogens with one attached hydrogen (secondary N) is 1. The van der Waals surface area contributed by atoms with Crippen molar-refractivity contribution in [2.24, 2.45) is 0 Å². The second-order valence-corrected chi connectivity index (χ2v) is 8.50. The van der Waals surface area contributed by atoms with E-state index in [4.69, 9.17) is 4.74 Å². The molecule has 1 aliphatic heterocycles. The second kappa shape index (κ2) is 8.25. The molecule has 2 amide bonds. The van der Waals surface area contributed by atoms with Crippen LogP contribution in [0.15, 0.2) is 66.0 Å². The molecule has 1 aliphatic rings. The number of fused-ring (bicyclic) bond motifs is 1. The van der Waals surface area contributed by atoms with Gasteiger partial charge in [-0.1, -0.05) is 12.1 Å². The van der Waals surface area contributed by atoms with Crippen molar-refractivity contribution < 1.29 is 22.7 Å². The van der Waals surface area contributed by atoms with Gasteiger partial charge < -0.3 is 4.74 Å². The highest BCUT2D eigenvalue weighted by molar-refractivity contribution is 7.89. The van der Waals surface area contributed by atoms with Crippen LogP contribution in [0.25, 0.3) is 0 Å². The third-order valence-electron chi connectivity index (χ3n) is 4.78. The Morgan fingerprint density at radius 3 is 2.55 bits per heavy atom. The fraction of sp³-hybridized carbons (Fsp3) is 0.143. The smallest absolute Gasteiger partial charge is 0.280 e. The maximum atomic E-state index is 12.9. The summed E-state index contributed by atoms with van der Waals surface area (Å²) >= 11 is 0. The van der Waals surface area contributed by atoms with Crippen LogP contribution in [0.5, 0.6) is 5.75 Å². The molecular formula is C21H18N4O5S. The van der Waals surface area contributed by atoms with Crippen LogP contribution in [0.2, 0.25) is 0 Å². The average molecular weight is 438 g/mol. The molecule has 2 aromatic heterocycles. The van der Waals surface area contributed by atoms with Gasteiger partial charge in [0, 0.05) is 25.1 Å². The summed E-state index contributed by atoms with van der Waals surface area (Å²) in [7, 11) is -2.58. The fourth-order valence-electron chi connectivity index (χ4n) is 3.23. The van der Waals surface area contributed by atoms with Crippen LogP contribution in [-0.2, 0) is 23.1 Å². The van der Waals surface area contributed by atoms with Crippen molar-refractivity contribution in [3.8, 4) is 5.75 Å². The Balaban J connectivity index is 1.59. The number of hydrogen-bond donors (Lipinski definition) is 1. The molecule has 158 valence electrons. The van der Waals surface area contributed by atoms with E-state index in [2.05, 4.69) is 14.7 Å². The topological polar surface area (TPSA) is 119 Å². The minimum Gasteiger partial charge on any atom is -0.495 e.